The molecule has 0 radical (unpaired) electrons. The zero-order chi connectivity index (χ0) is 24.9. The SMILES string of the molecule is O=C(O)c1cc(Cl)ccc1Cc1ccc2c(ccn2Cc2cccc(OCCN3CCOCC3)c2)c1. The standard InChI is InChI=1S/C29H29ClN2O4/c30-25-6-5-23(27(19-25)29(33)34)16-21-4-7-28-24(17-21)8-9-32(28)20-22-2-1-3-26(18-22)36-15-12-31-10-13-35-14-11-31/h1-9,17-19H,10-16,20H2,(H,33,34). The van der Waals surface area contributed by atoms with Crippen molar-refractivity contribution in [3.63, 3.8) is 0 Å². The van der Waals surface area contributed by atoms with Gasteiger partial charge in [0, 0.05) is 42.9 Å². The molecule has 186 valence electrons. The Morgan fingerprint density at radius 3 is 2.69 bits per heavy atom. The van der Waals surface area contributed by atoms with E-state index < -0.39 is 5.97 Å². The molecule has 0 saturated carbocycles. The number of benzene rings is 3. The van der Waals surface area contributed by atoms with Gasteiger partial charge in [-0.25, -0.2) is 4.79 Å². The predicted octanol–water partition coefficient (Wildman–Crippen LogP) is 5.34. The summed E-state index contributed by atoms with van der Waals surface area (Å²) in [5.74, 6) is -0.0799. The topological polar surface area (TPSA) is 63.9 Å². The smallest absolute Gasteiger partial charge is 0.336 e. The third-order valence-corrected chi connectivity index (χ3v) is 6.80. The van der Waals surface area contributed by atoms with Crippen LogP contribution >= 0.6 is 11.6 Å². The van der Waals surface area contributed by atoms with Crippen LogP contribution in [0.25, 0.3) is 10.9 Å². The fourth-order valence-corrected chi connectivity index (χ4v) is 4.84. The lowest BCUT2D eigenvalue weighted by atomic mass is 9.99. The summed E-state index contributed by atoms with van der Waals surface area (Å²) in [7, 11) is 0. The first-order chi connectivity index (χ1) is 17.5. The van der Waals surface area contributed by atoms with Crippen molar-refractivity contribution in [2.45, 2.75) is 13.0 Å². The normalized spacial score (nSPS) is 14.2. The highest BCUT2D eigenvalue weighted by atomic mass is 35.5. The number of nitrogens with zero attached hydrogens (tertiary/aromatic N) is 2. The Morgan fingerprint density at radius 1 is 1.00 bits per heavy atom. The van der Waals surface area contributed by atoms with Gasteiger partial charge in [-0.2, -0.15) is 0 Å². The van der Waals surface area contributed by atoms with Gasteiger partial charge in [0.2, 0.25) is 0 Å². The summed E-state index contributed by atoms with van der Waals surface area (Å²) in [4.78, 5) is 14.0. The first kappa shape index (κ1) is 24.4. The average Bonchev–Trinajstić information content (AvgIpc) is 3.27. The highest BCUT2D eigenvalue weighted by Crippen LogP contribution is 2.24. The maximum absolute atomic E-state index is 11.6. The maximum atomic E-state index is 11.6. The van der Waals surface area contributed by atoms with Crippen molar-refractivity contribution in [2.24, 2.45) is 0 Å². The van der Waals surface area contributed by atoms with Gasteiger partial charge in [0.15, 0.2) is 0 Å². The minimum atomic E-state index is -0.966. The molecule has 7 heteroatoms. The number of rotatable bonds is 9. The molecule has 3 aromatic carbocycles. The summed E-state index contributed by atoms with van der Waals surface area (Å²) in [6.45, 7) is 5.83. The van der Waals surface area contributed by atoms with Crippen LogP contribution in [-0.2, 0) is 17.7 Å². The van der Waals surface area contributed by atoms with Gasteiger partial charge in [-0.1, -0.05) is 35.9 Å². The molecule has 0 atom stereocenters. The Morgan fingerprint density at radius 2 is 1.86 bits per heavy atom. The van der Waals surface area contributed by atoms with Crippen LogP contribution < -0.4 is 4.74 Å². The van der Waals surface area contributed by atoms with E-state index >= 15 is 0 Å². The van der Waals surface area contributed by atoms with Crippen molar-refractivity contribution >= 4 is 28.5 Å². The average molecular weight is 505 g/mol. The van der Waals surface area contributed by atoms with Crippen molar-refractivity contribution < 1.29 is 19.4 Å². The van der Waals surface area contributed by atoms with E-state index in [1.165, 1.54) is 11.6 Å². The fourth-order valence-electron chi connectivity index (χ4n) is 4.67. The quantitative estimate of drug-likeness (QED) is 0.333. The Hall–Kier alpha value is -3.32. The largest absolute Gasteiger partial charge is 0.492 e. The van der Waals surface area contributed by atoms with E-state index in [2.05, 4.69) is 52.1 Å². The summed E-state index contributed by atoms with van der Waals surface area (Å²) in [5, 5.41) is 11.1. The lowest BCUT2D eigenvalue weighted by molar-refractivity contribution is 0.0322. The van der Waals surface area contributed by atoms with Crippen LogP contribution in [0.3, 0.4) is 0 Å². The molecule has 0 unspecified atom stereocenters. The molecule has 6 nitrogen and oxygen atoms in total. The van der Waals surface area contributed by atoms with Crippen molar-refractivity contribution in [1.82, 2.24) is 9.47 Å². The number of hydrogen-bond acceptors (Lipinski definition) is 4. The number of fused-ring (bicyclic) bond motifs is 1. The molecule has 1 aliphatic rings. The molecule has 36 heavy (non-hydrogen) atoms. The molecule has 0 aliphatic carbocycles. The molecule has 5 rings (SSSR count). The van der Waals surface area contributed by atoms with Gasteiger partial charge in [-0.15, -0.1) is 0 Å². The number of aromatic nitrogens is 1. The lowest BCUT2D eigenvalue weighted by Crippen LogP contribution is -2.38. The van der Waals surface area contributed by atoms with E-state index in [9.17, 15) is 9.90 Å². The van der Waals surface area contributed by atoms with Crippen LogP contribution in [0.1, 0.15) is 27.0 Å². The molecule has 1 aliphatic heterocycles. The Bertz CT molecular complexity index is 1360. The number of morpholine rings is 1. The molecule has 0 spiro atoms. The van der Waals surface area contributed by atoms with E-state index in [1.807, 2.05) is 12.1 Å². The first-order valence-electron chi connectivity index (χ1n) is 12.2. The third-order valence-electron chi connectivity index (χ3n) is 6.56. The molecule has 0 bridgehead atoms. The number of carbonyl (C=O) groups is 1. The second kappa shape index (κ2) is 11.2. The zero-order valence-electron chi connectivity index (χ0n) is 20.0. The lowest BCUT2D eigenvalue weighted by Gasteiger charge is -2.26. The van der Waals surface area contributed by atoms with Crippen LogP contribution in [0.15, 0.2) is 72.9 Å². The van der Waals surface area contributed by atoms with Crippen molar-refractivity contribution in [1.29, 1.82) is 0 Å². The number of hydrogen-bond donors (Lipinski definition) is 1. The second-order valence-electron chi connectivity index (χ2n) is 9.07. The molecular formula is C29H29ClN2O4. The second-order valence-corrected chi connectivity index (χ2v) is 9.51. The van der Waals surface area contributed by atoms with Crippen LogP contribution in [0.2, 0.25) is 5.02 Å². The first-order valence-corrected chi connectivity index (χ1v) is 12.5. The monoisotopic (exact) mass is 504 g/mol. The number of carboxylic acid groups (broad SMARTS) is 1. The van der Waals surface area contributed by atoms with Crippen LogP contribution in [-0.4, -0.2) is 60.0 Å². The molecule has 1 fully saturated rings. The van der Waals surface area contributed by atoms with Gasteiger partial charge in [-0.3, -0.25) is 4.90 Å². The highest BCUT2D eigenvalue weighted by Gasteiger charge is 2.13. The zero-order valence-corrected chi connectivity index (χ0v) is 20.8. The predicted molar refractivity (Wildman–Crippen MR) is 141 cm³/mol. The fraction of sp³-hybridized carbons (Fsp3) is 0.276. The number of carboxylic acids is 1. The minimum absolute atomic E-state index is 0.243. The Balaban J connectivity index is 1.25. The van der Waals surface area contributed by atoms with Gasteiger partial charge >= 0.3 is 5.97 Å². The summed E-state index contributed by atoms with van der Waals surface area (Å²) < 4.78 is 13.6. The molecule has 1 saturated heterocycles. The molecule has 2 heterocycles. The number of aromatic carboxylic acids is 1. The van der Waals surface area contributed by atoms with Gasteiger partial charge in [0.05, 0.1) is 18.8 Å². The van der Waals surface area contributed by atoms with Crippen molar-refractivity contribution in [3.05, 3.63) is 100 Å². The minimum Gasteiger partial charge on any atom is -0.492 e. The van der Waals surface area contributed by atoms with E-state index in [0.717, 1.165) is 67.2 Å². The molecule has 0 amide bonds. The number of ether oxygens (including phenoxy) is 2. The summed E-state index contributed by atoms with van der Waals surface area (Å²) in [6.07, 6.45) is 2.62. The Labute approximate surface area is 215 Å². The Kier molecular flexibility index (Phi) is 7.56. The van der Waals surface area contributed by atoms with E-state index in [-0.39, 0.29) is 5.56 Å². The van der Waals surface area contributed by atoms with E-state index in [1.54, 1.807) is 12.1 Å². The molecule has 1 aromatic heterocycles. The highest BCUT2D eigenvalue weighted by molar-refractivity contribution is 6.31. The van der Waals surface area contributed by atoms with E-state index in [0.29, 0.717) is 18.1 Å². The molecule has 4 aromatic rings. The third kappa shape index (κ3) is 5.90. The summed E-state index contributed by atoms with van der Waals surface area (Å²) in [5.41, 5.74) is 4.35. The van der Waals surface area contributed by atoms with E-state index in [4.69, 9.17) is 21.1 Å². The molecular weight excluding hydrogens is 476 g/mol. The number of halogens is 1. The van der Waals surface area contributed by atoms with Gasteiger partial charge in [0.25, 0.3) is 0 Å². The maximum Gasteiger partial charge on any atom is 0.336 e. The van der Waals surface area contributed by atoms with Crippen molar-refractivity contribution in [2.75, 3.05) is 39.5 Å². The summed E-state index contributed by atoms with van der Waals surface area (Å²) >= 11 is 6.00. The van der Waals surface area contributed by atoms with Gasteiger partial charge in [-0.05, 0) is 71.0 Å². The molecule has 1 N–H and O–H groups in total. The van der Waals surface area contributed by atoms with Gasteiger partial charge < -0.3 is 19.1 Å². The van der Waals surface area contributed by atoms with Gasteiger partial charge in [0.1, 0.15) is 12.4 Å². The van der Waals surface area contributed by atoms with Crippen LogP contribution in [0, 0.1) is 0 Å². The van der Waals surface area contributed by atoms with Crippen molar-refractivity contribution in [3.8, 4) is 5.75 Å². The summed E-state index contributed by atoms with van der Waals surface area (Å²) in [6, 6.07) is 21.7. The van der Waals surface area contributed by atoms with Crippen LogP contribution in [0.4, 0.5) is 0 Å². The van der Waals surface area contributed by atoms with Crippen LogP contribution in [0.5, 0.6) is 5.75 Å².